The Labute approximate surface area is 139 Å². The van der Waals surface area contributed by atoms with Gasteiger partial charge in [-0.3, -0.25) is 0 Å². The van der Waals surface area contributed by atoms with Gasteiger partial charge >= 0.3 is 12.7 Å². The fraction of sp³-hybridized carbons (Fsp3) is 0.562. The normalized spacial score (nSPS) is 18.8. The Morgan fingerprint density at radius 1 is 1.38 bits per heavy atom. The predicted molar refractivity (Wildman–Crippen MR) is 87.7 cm³/mol. The smallest absolute Gasteiger partial charge is 0.407 e. The van der Waals surface area contributed by atoms with Gasteiger partial charge < -0.3 is 25.4 Å². The lowest BCUT2D eigenvalue weighted by atomic mass is 9.84. The number of carboxylic acid groups (broad SMARTS) is 1. The molecule has 2 rings (SSSR count). The average Bonchev–Trinajstić information content (AvgIpc) is 2.47. The molecule has 1 atom stereocenters. The van der Waals surface area contributed by atoms with Gasteiger partial charge in [0.2, 0.25) is 0 Å². The van der Waals surface area contributed by atoms with Crippen LogP contribution in [0.5, 0.6) is 5.75 Å². The van der Waals surface area contributed by atoms with Crippen LogP contribution < -0.4 is 15.4 Å². The highest BCUT2D eigenvalue weighted by atomic mass is 19.3. The Bertz CT molecular complexity index is 605. The van der Waals surface area contributed by atoms with E-state index in [-0.39, 0.29) is 22.9 Å². The van der Waals surface area contributed by atoms with Crippen LogP contribution in [0, 0.1) is 5.41 Å². The molecular weight excluding hydrogens is 320 g/mol. The van der Waals surface area contributed by atoms with Gasteiger partial charge in [-0.15, -0.1) is 0 Å². The zero-order valence-corrected chi connectivity index (χ0v) is 14.0. The minimum Gasteiger partial charge on any atom is -0.465 e. The van der Waals surface area contributed by atoms with Crippen LogP contribution in [0.15, 0.2) is 18.2 Å². The number of rotatable bonds is 3. The van der Waals surface area contributed by atoms with Gasteiger partial charge in [-0.1, -0.05) is 20.8 Å². The van der Waals surface area contributed by atoms with E-state index < -0.39 is 12.7 Å². The summed E-state index contributed by atoms with van der Waals surface area (Å²) in [5.74, 6) is -0.0736. The van der Waals surface area contributed by atoms with E-state index in [2.05, 4.69) is 4.74 Å². The number of hydrogen-bond donors (Lipinski definition) is 2. The molecule has 0 aliphatic carbocycles. The Hall–Kier alpha value is -2.25. The molecule has 0 spiro atoms. The first-order chi connectivity index (χ1) is 11.1. The number of nitrogens with zero attached hydrogens (tertiary/aromatic N) is 2. The van der Waals surface area contributed by atoms with Gasteiger partial charge in [-0.2, -0.15) is 8.78 Å². The van der Waals surface area contributed by atoms with E-state index in [1.54, 1.807) is 6.07 Å². The second-order valence-corrected chi connectivity index (χ2v) is 6.90. The van der Waals surface area contributed by atoms with Crippen LogP contribution in [0.3, 0.4) is 0 Å². The van der Waals surface area contributed by atoms with Crippen LogP contribution in [0.25, 0.3) is 0 Å². The zero-order chi connectivity index (χ0) is 18.1. The van der Waals surface area contributed by atoms with E-state index in [1.807, 2.05) is 25.7 Å². The monoisotopic (exact) mass is 343 g/mol. The highest BCUT2D eigenvalue weighted by Crippen LogP contribution is 2.33. The van der Waals surface area contributed by atoms with Gasteiger partial charge in [0.15, 0.2) is 5.75 Å². The van der Waals surface area contributed by atoms with Gasteiger partial charge in [-0.05, 0) is 17.5 Å². The lowest BCUT2D eigenvalue weighted by Gasteiger charge is -2.46. The van der Waals surface area contributed by atoms with Crippen molar-refractivity contribution in [3.05, 3.63) is 18.2 Å². The molecular formula is C16H23F2N3O3. The summed E-state index contributed by atoms with van der Waals surface area (Å²) in [5, 5.41) is 9.40. The molecule has 1 fully saturated rings. The first kappa shape index (κ1) is 18.1. The SMILES string of the molecule is CC(C)(C)C1CN(c2ccc(N)c(OC(F)F)c2)CCN1C(=O)O. The maximum atomic E-state index is 12.5. The molecule has 1 amide bonds. The molecule has 0 aromatic heterocycles. The van der Waals surface area contributed by atoms with Crippen molar-refractivity contribution in [1.82, 2.24) is 4.90 Å². The molecule has 1 aromatic rings. The van der Waals surface area contributed by atoms with E-state index in [9.17, 15) is 18.7 Å². The molecule has 134 valence electrons. The lowest BCUT2D eigenvalue weighted by Crippen LogP contribution is -2.59. The van der Waals surface area contributed by atoms with E-state index in [1.165, 1.54) is 17.0 Å². The zero-order valence-electron chi connectivity index (χ0n) is 14.0. The van der Waals surface area contributed by atoms with Crippen LogP contribution in [0.2, 0.25) is 0 Å². The highest BCUT2D eigenvalue weighted by molar-refractivity contribution is 5.67. The number of benzene rings is 1. The van der Waals surface area contributed by atoms with Crippen LogP contribution in [0.4, 0.5) is 25.0 Å². The summed E-state index contributed by atoms with van der Waals surface area (Å²) >= 11 is 0. The molecule has 1 heterocycles. The molecule has 1 saturated heterocycles. The number of nitrogens with two attached hydrogens (primary N) is 1. The van der Waals surface area contributed by atoms with Crippen LogP contribution in [-0.4, -0.2) is 48.4 Å². The number of anilines is 2. The van der Waals surface area contributed by atoms with Crippen molar-refractivity contribution in [1.29, 1.82) is 0 Å². The lowest BCUT2D eigenvalue weighted by molar-refractivity contribution is -0.0493. The Balaban J connectivity index is 2.25. The quantitative estimate of drug-likeness (QED) is 0.825. The first-order valence-electron chi connectivity index (χ1n) is 7.68. The topological polar surface area (TPSA) is 79.0 Å². The molecule has 0 radical (unpaired) electrons. The summed E-state index contributed by atoms with van der Waals surface area (Å²) in [6.45, 7) is 4.26. The maximum absolute atomic E-state index is 12.5. The Morgan fingerprint density at radius 2 is 2.04 bits per heavy atom. The van der Waals surface area contributed by atoms with Gasteiger partial charge in [0.1, 0.15) is 0 Å². The highest BCUT2D eigenvalue weighted by Gasteiger charge is 2.38. The second-order valence-electron chi connectivity index (χ2n) is 6.90. The molecule has 1 aromatic carbocycles. The Kier molecular flexibility index (Phi) is 5.05. The van der Waals surface area contributed by atoms with Crippen molar-refractivity contribution in [3.63, 3.8) is 0 Å². The average molecular weight is 343 g/mol. The van der Waals surface area contributed by atoms with Crippen molar-refractivity contribution in [2.45, 2.75) is 33.4 Å². The van der Waals surface area contributed by atoms with E-state index in [0.717, 1.165) is 0 Å². The van der Waals surface area contributed by atoms with E-state index in [0.29, 0.717) is 25.3 Å². The number of ether oxygens (including phenoxy) is 1. The molecule has 0 saturated carbocycles. The van der Waals surface area contributed by atoms with Crippen molar-refractivity contribution < 1.29 is 23.4 Å². The summed E-state index contributed by atoms with van der Waals surface area (Å²) in [7, 11) is 0. The van der Waals surface area contributed by atoms with E-state index in [4.69, 9.17) is 5.73 Å². The van der Waals surface area contributed by atoms with Crippen LogP contribution in [-0.2, 0) is 0 Å². The third-order valence-electron chi connectivity index (χ3n) is 4.20. The second kappa shape index (κ2) is 6.70. The molecule has 6 nitrogen and oxygen atoms in total. The summed E-state index contributed by atoms with van der Waals surface area (Å²) in [6, 6.07) is 4.49. The molecule has 1 aliphatic rings. The third kappa shape index (κ3) is 3.98. The van der Waals surface area contributed by atoms with Crippen molar-refractivity contribution >= 4 is 17.5 Å². The van der Waals surface area contributed by atoms with Gasteiger partial charge in [-0.25, -0.2) is 4.79 Å². The van der Waals surface area contributed by atoms with Crippen molar-refractivity contribution in [3.8, 4) is 5.75 Å². The summed E-state index contributed by atoms with van der Waals surface area (Å²) in [5.41, 5.74) is 6.22. The molecule has 0 bridgehead atoms. The summed E-state index contributed by atoms with van der Waals surface area (Å²) in [4.78, 5) is 14.9. The van der Waals surface area contributed by atoms with E-state index >= 15 is 0 Å². The fourth-order valence-corrected chi connectivity index (χ4v) is 2.91. The minimum absolute atomic E-state index is 0.0736. The molecule has 8 heteroatoms. The number of alkyl halides is 2. The number of nitrogen functional groups attached to an aromatic ring is 1. The molecule has 3 N–H and O–H groups in total. The Morgan fingerprint density at radius 3 is 2.58 bits per heavy atom. The fourth-order valence-electron chi connectivity index (χ4n) is 2.91. The number of amides is 1. The maximum Gasteiger partial charge on any atom is 0.407 e. The van der Waals surface area contributed by atoms with Gasteiger partial charge in [0.05, 0.1) is 11.7 Å². The molecule has 1 unspecified atom stereocenters. The number of carbonyl (C=O) groups is 1. The van der Waals surface area contributed by atoms with Crippen molar-refractivity contribution in [2.24, 2.45) is 5.41 Å². The standard InChI is InChI=1S/C16H23F2N3O3/c1-16(2,3)13-9-20(6-7-21(13)15(22)23)10-4-5-11(19)12(8-10)24-14(17)18/h4-5,8,13-14H,6-7,9,19H2,1-3H3,(H,22,23). The molecule has 1 aliphatic heterocycles. The van der Waals surface area contributed by atoms with Crippen molar-refractivity contribution in [2.75, 3.05) is 30.3 Å². The number of hydrogen-bond acceptors (Lipinski definition) is 4. The first-order valence-corrected chi connectivity index (χ1v) is 7.68. The predicted octanol–water partition coefficient (Wildman–Crippen LogP) is 3.08. The number of halogens is 2. The third-order valence-corrected chi connectivity index (χ3v) is 4.20. The summed E-state index contributed by atoms with van der Waals surface area (Å²) < 4.78 is 29.4. The van der Waals surface area contributed by atoms with Gasteiger partial charge in [0, 0.05) is 31.4 Å². The molecule has 24 heavy (non-hydrogen) atoms. The van der Waals surface area contributed by atoms with Gasteiger partial charge in [0.25, 0.3) is 0 Å². The number of piperazine rings is 1. The minimum atomic E-state index is -2.95. The largest absolute Gasteiger partial charge is 0.465 e. The van der Waals surface area contributed by atoms with Crippen LogP contribution >= 0.6 is 0 Å². The van der Waals surface area contributed by atoms with Crippen LogP contribution in [0.1, 0.15) is 20.8 Å². The summed E-state index contributed by atoms with van der Waals surface area (Å²) in [6.07, 6.45) is -0.950.